The topological polar surface area (TPSA) is 27.7 Å². The highest BCUT2D eigenvalue weighted by molar-refractivity contribution is 7.99. The van der Waals surface area contributed by atoms with E-state index in [-0.39, 0.29) is 0 Å². The van der Waals surface area contributed by atoms with Gasteiger partial charge < -0.3 is 13.3 Å². The SMILES string of the molecule is CCCCCCCCCCCSCCC[Si](OCC)(OCC)OCC. The number of hydrogen-bond donors (Lipinski definition) is 0. The quantitative estimate of drug-likeness (QED) is 0.170. The summed E-state index contributed by atoms with van der Waals surface area (Å²) in [5.74, 6) is 2.49. The van der Waals surface area contributed by atoms with Gasteiger partial charge in [-0.15, -0.1) is 0 Å². The normalized spacial score (nSPS) is 12.0. The number of unbranched alkanes of at least 4 members (excludes halogenated alkanes) is 8. The fourth-order valence-electron chi connectivity index (χ4n) is 3.01. The van der Waals surface area contributed by atoms with Gasteiger partial charge in [-0.3, -0.25) is 0 Å². The highest BCUT2D eigenvalue weighted by Crippen LogP contribution is 2.20. The Bertz CT molecular complexity index is 250. The molecule has 0 saturated carbocycles. The molecule has 0 aromatic rings. The van der Waals surface area contributed by atoms with Crippen molar-refractivity contribution in [3.63, 3.8) is 0 Å². The fraction of sp³-hybridized carbons (Fsp3) is 1.00. The predicted octanol–water partition coefficient (Wildman–Crippen LogP) is 6.69. The van der Waals surface area contributed by atoms with Crippen molar-refractivity contribution in [3.05, 3.63) is 0 Å². The second-order valence-corrected chi connectivity index (χ2v) is 10.5. The van der Waals surface area contributed by atoms with E-state index in [1.54, 1.807) is 0 Å². The molecule has 0 heterocycles. The molecule has 0 fully saturated rings. The van der Waals surface area contributed by atoms with E-state index in [1.807, 2.05) is 20.8 Å². The smallest absolute Gasteiger partial charge is 0.374 e. The van der Waals surface area contributed by atoms with Crippen molar-refractivity contribution in [2.45, 2.75) is 97.9 Å². The Labute approximate surface area is 163 Å². The molecule has 0 N–H and O–H groups in total. The second kappa shape index (κ2) is 19.2. The van der Waals surface area contributed by atoms with Crippen LogP contribution in [0.3, 0.4) is 0 Å². The Morgan fingerprint density at radius 2 is 1.00 bits per heavy atom. The van der Waals surface area contributed by atoms with Crippen LogP contribution in [0.2, 0.25) is 6.04 Å². The molecular formula is C20H44O3SSi. The first-order chi connectivity index (χ1) is 12.2. The van der Waals surface area contributed by atoms with E-state index >= 15 is 0 Å². The summed E-state index contributed by atoms with van der Waals surface area (Å²) in [6.45, 7) is 10.4. The highest BCUT2D eigenvalue weighted by atomic mass is 32.2. The van der Waals surface area contributed by atoms with Gasteiger partial charge in [-0.25, -0.2) is 0 Å². The van der Waals surface area contributed by atoms with Gasteiger partial charge in [0.25, 0.3) is 0 Å². The molecule has 3 nitrogen and oxygen atoms in total. The van der Waals surface area contributed by atoms with Gasteiger partial charge >= 0.3 is 8.80 Å². The maximum atomic E-state index is 5.90. The first-order valence-electron chi connectivity index (χ1n) is 10.7. The molecule has 5 heteroatoms. The lowest BCUT2D eigenvalue weighted by molar-refractivity contribution is 0.0712. The van der Waals surface area contributed by atoms with E-state index < -0.39 is 8.80 Å². The lowest BCUT2D eigenvalue weighted by Gasteiger charge is -2.28. The molecule has 0 aliphatic heterocycles. The van der Waals surface area contributed by atoms with E-state index in [4.69, 9.17) is 13.3 Å². The average molecular weight is 393 g/mol. The lowest BCUT2D eigenvalue weighted by atomic mass is 10.1. The van der Waals surface area contributed by atoms with Crippen LogP contribution in [0.1, 0.15) is 91.9 Å². The zero-order valence-electron chi connectivity index (χ0n) is 17.4. The minimum absolute atomic E-state index is 0.678. The van der Waals surface area contributed by atoms with Gasteiger partial charge in [-0.1, -0.05) is 58.3 Å². The summed E-state index contributed by atoms with van der Waals surface area (Å²) in [6, 6.07) is 0.952. The van der Waals surface area contributed by atoms with Crippen molar-refractivity contribution in [1.82, 2.24) is 0 Å². The first-order valence-corrected chi connectivity index (χ1v) is 13.8. The molecule has 0 saturated heterocycles. The molecule has 152 valence electrons. The van der Waals surface area contributed by atoms with Gasteiger partial charge in [0.2, 0.25) is 0 Å². The fourth-order valence-corrected chi connectivity index (χ4v) is 6.84. The Morgan fingerprint density at radius 3 is 1.48 bits per heavy atom. The summed E-state index contributed by atoms with van der Waals surface area (Å²) >= 11 is 2.08. The molecule has 0 atom stereocenters. The molecule has 0 aromatic heterocycles. The van der Waals surface area contributed by atoms with Crippen molar-refractivity contribution < 1.29 is 13.3 Å². The zero-order chi connectivity index (χ0) is 18.6. The second-order valence-electron chi connectivity index (χ2n) is 6.53. The highest BCUT2D eigenvalue weighted by Gasteiger charge is 2.39. The third kappa shape index (κ3) is 15.2. The standard InChI is InChI=1S/C20H44O3SSi/c1-5-9-10-11-12-13-14-15-16-18-24-19-17-20-25(21-6-2,22-7-3)23-8-4/h5-20H2,1-4H3. The zero-order valence-corrected chi connectivity index (χ0v) is 19.3. The average Bonchev–Trinajstić information content (AvgIpc) is 2.60. The van der Waals surface area contributed by atoms with Gasteiger partial charge in [-0.2, -0.15) is 11.8 Å². The Kier molecular flexibility index (Phi) is 19.6. The summed E-state index contributed by atoms with van der Waals surface area (Å²) in [4.78, 5) is 0. The van der Waals surface area contributed by atoms with Gasteiger partial charge in [0.15, 0.2) is 0 Å². The first kappa shape index (κ1) is 25.4. The monoisotopic (exact) mass is 392 g/mol. The molecule has 0 radical (unpaired) electrons. The van der Waals surface area contributed by atoms with Gasteiger partial charge in [0.05, 0.1) is 0 Å². The van der Waals surface area contributed by atoms with E-state index in [2.05, 4.69) is 18.7 Å². The molecule has 0 bridgehead atoms. The Morgan fingerprint density at radius 1 is 0.560 bits per heavy atom. The summed E-state index contributed by atoms with van der Waals surface area (Å²) in [5.41, 5.74) is 0. The molecule has 0 aliphatic carbocycles. The van der Waals surface area contributed by atoms with Crippen LogP contribution < -0.4 is 0 Å². The van der Waals surface area contributed by atoms with Gasteiger partial charge in [-0.05, 0) is 45.1 Å². The number of thioether (sulfide) groups is 1. The predicted molar refractivity (Wildman–Crippen MR) is 115 cm³/mol. The molecule has 25 heavy (non-hydrogen) atoms. The molecule has 0 unspecified atom stereocenters. The van der Waals surface area contributed by atoms with Crippen molar-refractivity contribution in [2.75, 3.05) is 31.3 Å². The molecule has 0 rings (SSSR count). The largest absolute Gasteiger partial charge is 0.500 e. The summed E-state index contributed by atoms with van der Waals surface area (Å²) < 4.78 is 17.7. The lowest BCUT2D eigenvalue weighted by Crippen LogP contribution is -2.46. The minimum atomic E-state index is -2.41. The molecule has 0 aromatic carbocycles. The van der Waals surface area contributed by atoms with E-state index in [1.165, 1.54) is 69.3 Å². The molecule has 0 aliphatic rings. The summed E-state index contributed by atoms with van der Waals surface area (Å²) in [6.07, 6.45) is 13.8. The van der Waals surface area contributed by atoms with Gasteiger partial charge in [0, 0.05) is 25.9 Å². The van der Waals surface area contributed by atoms with Crippen LogP contribution in [0.4, 0.5) is 0 Å². The van der Waals surface area contributed by atoms with E-state index in [0.29, 0.717) is 19.8 Å². The van der Waals surface area contributed by atoms with E-state index in [0.717, 1.165) is 12.5 Å². The maximum Gasteiger partial charge on any atom is 0.500 e. The molecule has 0 amide bonds. The maximum absolute atomic E-state index is 5.90. The van der Waals surface area contributed by atoms with Crippen LogP contribution in [0.5, 0.6) is 0 Å². The van der Waals surface area contributed by atoms with Crippen molar-refractivity contribution in [1.29, 1.82) is 0 Å². The summed E-state index contributed by atoms with van der Waals surface area (Å²) in [7, 11) is -2.41. The van der Waals surface area contributed by atoms with Crippen LogP contribution >= 0.6 is 11.8 Å². The Hall–Kier alpha value is 0.447. The number of rotatable bonds is 20. The van der Waals surface area contributed by atoms with Crippen LogP contribution in [0.15, 0.2) is 0 Å². The molecule has 0 spiro atoms. The van der Waals surface area contributed by atoms with Gasteiger partial charge in [0.1, 0.15) is 0 Å². The summed E-state index contributed by atoms with van der Waals surface area (Å²) in [5, 5.41) is 0. The Balaban J connectivity index is 3.56. The van der Waals surface area contributed by atoms with Crippen molar-refractivity contribution in [3.8, 4) is 0 Å². The van der Waals surface area contributed by atoms with Crippen molar-refractivity contribution >= 4 is 20.6 Å². The third-order valence-electron chi connectivity index (χ3n) is 4.26. The minimum Gasteiger partial charge on any atom is -0.374 e. The third-order valence-corrected chi connectivity index (χ3v) is 8.56. The molecular weight excluding hydrogens is 348 g/mol. The van der Waals surface area contributed by atoms with Crippen molar-refractivity contribution in [2.24, 2.45) is 0 Å². The number of hydrogen-bond acceptors (Lipinski definition) is 4. The van der Waals surface area contributed by atoms with Crippen LogP contribution in [0.25, 0.3) is 0 Å². The van der Waals surface area contributed by atoms with E-state index in [9.17, 15) is 0 Å². The van der Waals surface area contributed by atoms with Crippen LogP contribution in [0, 0.1) is 0 Å². The van der Waals surface area contributed by atoms with Crippen LogP contribution in [-0.2, 0) is 13.3 Å². The van der Waals surface area contributed by atoms with Crippen LogP contribution in [-0.4, -0.2) is 40.1 Å².